The molecular formula is C13H10F3NO5S3. The Labute approximate surface area is 146 Å². The maximum Gasteiger partial charge on any atom is 0.475 e. The zero-order valence-electron chi connectivity index (χ0n) is 12.3. The van der Waals surface area contributed by atoms with Gasteiger partial charge in [-0.3, -0.25) is 4.72 Å². The fourth-order valence-corrected chi connectivity index (χ4v) is 4.87. The van der Waals surface area contributed by atoms with Gasteiger partial charge in [-0.25, -0.2) is 17.4 Å². The lowest BCUT2D eigenvalue weighted by Gasteiger charge is -2.08. The van der Waals surface area contributed by atoms with Gasteiger partial charge in [-0.15, -0.1) is 11.3 Å². The lowest BCUT2D eigenvalue weighted by molar-refractivity contribution is -0.0384. The van der Waals surface area contributed by atoms with E-state index in [1.54, 1.807) is 0 Å². The first kappa shape index (κ1) is 19.4. The van der Waals surface area contributed by atoms with Crippen LogP contribution in [0.15, 0.2) is 39.4 Å². The lowest BCUT2D eigenvalue weighted by Crippen LogP contribution is -2.16. The average molecular weight is 413 g/mol. The summed E-state index contributed by atoms with van der Waals surface area (Å²) >= 11 is 0.558. The van der Waals surface area contributed by atoms with Crippen LogP contribution in [0.2, 0.25) is 0 Å². The number of aromatic carboxylic acids is 1. The highest BCUT2D eigenvalue weighted by Gasteiger charge is 2.37. The van der Waals surface area contributed by atoms with Crippen molar-refractivity contribution in [3.63, 3.8) is 0 Å². The van der Waals surface area contributed by atoms with Crippen LogP contribution in [-0.2, 0) is 20.8 Å². The summed E-state index contributed by atoms with van der Waals surface area (Å²) < 4.78 is 74.7. The Bertz CT molecular complexity index is 933. The fraction of sp³-hybridized carbons (Fsp3) is 0.154. The molecule has 0 amide bonds. The van der Waals surface area contributed by atoms with E-state index in [9.17, 15) is 30.6 Å². The van der Waals surface area contributed by atoms with E-state index in [1.165, 1.54) is 13.0 Å². The quantitative estimate of drug-likeness (QED) is 0.784. The van der Waals surface area contributed by atoms with Crippen molar-refractivity contribution in [3.05, 3.63) is 40.8 Å². The van der Waals surface area contributed by atoms with Crippen LogP contribution in [0, 0.1) is 6.92 Å². The number of sulfonamides is 1. The number of rotatable bonds is 5. The summed E-state index contributed by atoms with van der Waals surface area (Å²) in [5.41, 5.74) is -4.69. The number of nitrogens with one attached hydrogen (secondary N) is 1. The monoisotopic (exact) mass is 413 g/mol. The second kappa shape index (κ2) is 6.77. The molecule has 0 saturated carbocycles. The third-order valence-electron chi connectivity index (χ3n) is 2.89. The number of alkyl halides is 3. The molecule has 0 fully saturated rings. The molecule has 1 aromatic carbocycles. The second-order valence-electron chi connectivity index (χ2n) is 4.73. The van der Waals surface area contributed by atoms with Gasteiger partial charge >= 0.3 is 11.5 Å². The zero-order chi connectivity index (χ0) is 19.0. The summed E-state index contributed by atoms with van der Waals surface area (Å²) in [6.45, 7) is 1.44. The number of anilines is 1. The van der Waals surface area contributed by atoms with E-state index in [0.717, 1.165) is 24.3 Å². The predicted octanol–water partition coefficient (Wildman–Crippen LogP) is 3.18. The van der Waals surface area contributed by atoms with Crippen LogP contribution in [-0.4, -0.2) is 29.2 Å². The van der Waals surface area contributed by atoms with E-state index in [1.807, 2.05) is 0 Å². The van der Waals surface area contributed by atoms with Crippen LogP contribution in [0.5, 0.6) is 0 Å². The summed E-state index contributed by atoms with van der Waals surface area (Å²) in [4.78, 5) is 10.3. The Morgan fingerprint density at radius 1 is 1.24 bits per heavy atom. The third-order valence-corrected chi connectivity index (χ3v) is 7.09. The van der Waals surface area contributed by atoms with Gasteiger partial charge in [0.25, 0.3) is 10.0 Å². The van der Waals surface area contributed by atoms with Gasteiger partial charge in [0.2, 0.25) is 0 Å². The molecule has 0 aliphatic rings. The predicted molar refractivity (Wildman–Crippen MR) is 85.7 cm³/mol. The molecule has 0 bridgehead atoms. The minimum Gasteiger partial charge on any atom is -0.477 e. The van der Waals surface area contributed by atoms with Crippen LogP contribution in [0.4, 0.5) is 18.9 Å². The van der Waals surface area contributed by atoms with Crippen LogP contribution < -0.4 is 4.72 Å². The molecule has 0 aliphatic carbocycles. The van der Waals surface area contributed by atoms with Gasteiger partial charge in [0.05, 0.1) is 0 Å². The van der Waals surface area contributed by atoms with Crippen molar-refractivity contribution in [2.75, 3.05) is 4.72 Å². The van der Waals surface area contributed by atoms with Crippen molar-refractivity contribution in [2.24, 2.45) is 0 Å². The number of hydrogen-bond donors (Lipinski definition) is 2. The largest absolute Gasteiger partial charge is 0.477 e. The van der Waals surface area contributed by atoms with Gasteiger partial charge in [0.15, 0.2) is 10.8 Å². The van der Waals surface area contributed by atoms with E-state index in [0.29, 0.717) is 11.3 Å². The Hall–Kier alpha value is -1.92. The number of carboxylic acids is 1. The minimum atomic E-state index is -4.91. The van der Waals surface area contributed by atoms with Gasteiger partial charge in [-0.05, 0) is 42.8 Å². The molecule has 25 heavy (non-hydrogen) atoms. The van der Waals surface area contributed by atoms with E-state index >= 15 is 0 Å². The van der Waals surface area contributed by atoms with Crippen LogP contribution >= 0.6 is 11.3 Å². The van der Waals surface area contributed by atoms with Gasteiger partial charge in [-0.1, -0.05) is 0 Å². The van der Waals surface area contributed by atoms with E-state index in [-0.39, 0.29) is 20.3 Å². The number of hydrogen-bond acceptors (Lipinski definition) is 5. The number of halogens is 3. The molecule has 1 aromatic heterocycles. The first-order valence-electron chi connectivity index (χ1n) is 6.37. The van der Waals surface area contributed by atoms with E-state index in [2.05, 4.69) is 4.72 Å². The molecule has 2 N–H and O–H groups in total. The number of aryl methyl sites for hydroxylation is 1. The highest BCUT2D eigenvalue weighted by Crippen LogP contribution is 2.29. The Balaban J connectivity index is 2.25. The summed E-state index contributed by atoms with van der Waals surface area (Å²) in [5, 5.41) is 8.96. The van der Waals surface area contributed by atoms with Crippen LogP contribution in [0.1, 0.15) is 15.2 Å². The SMILES string of the molecule is Cc1cc(S(=O)(=O)Nc2ccc([S@@](=O)C(F)(F)F)cc2)sc1C(=O)O. The first-order chi connectivity index (χ1) is 11.4. The molecule has 2 rings (SSSR count). The lowest BCUT2D eigenvalue weighted by atomic mass is 10.3. The highest BCUT2D eigenvalue weighted by atomic mass is 32.2. The third kappa shape index (κ3) is 4.38. The number of thiophene rings is 1. The smallest absolute Gasteiger partial charge is 0.475 e. The number of carbonyl (C=O) groups is 1. The van der Waals surface area contributed by atoms with E-state index in [4.69, 9.17) is 5.11 Å². The van der Waals surface area contributed by atoms with Gasteiger partial charge < -0.3 is 5.11 Å². The van der Waals surface area contributed by atoms with Gasteiger partial charge in [0.1, 0.15) is 9.09 Å². The molecule has 6 nitrogen and oxygen atoms in total. The Kier molecular flexibility index (Phi) is 5.25. The minimum absolute atomic E-state index is 0.0501. The maximum atomic E-state index is 12.4. The van der Waals surface area contributed by atoms with Crippen molar-refractivity contribution in [1.29, 1.82) is 0 Å². The molecule has 136 valence electrons. The molecule has 0 aliphatic heterocycles. The first-order valence-corrected chi connectivity index (χ1v) is 9.82. The van der Waals surface area contributed by atoms with Crippen molar-refractivity contribution >= 4 is 43.8 Å². The molecule has 0 unspecified atom stereocenters. The molecule has 0 spiro atoms. The second-order valence-corrected chi connectivity index (χ2v) is 9.16. The van der Waals surface area contributed by atoms with E-state index < -0.39 is 37.2 Å². The maximum absolute atomic E-state index is 12.4. The standard InChI is InChI=1S/C13H10F3NO5S3/c1-7-6-10(23-11(7)12(18)19)25(21,22)17-8-2-4-9(5-3-8)24(20)13(14,15)16/h2-6,17H,1H3,(H,18,19)/t24-/m1/s1. The summed E-state index contributed by atoms with van der Waals surface area (Å²) in [7, 11) is -7.32. The van der Waals surface area contributed by atoms with Crippen LogP contribution in [0.3, 0.4) is 0 Å². The highest BCUT2D eigenvalue weighted by molar-refractivity contribution is 7.94. The van der Waals surface area contributed by atoms with Gasteiger partial charge in [0, 0.05) is 10.6 Å². The number of carboxylic acid groups (broad SMARTS) is 1. The normalized spacial score (nSPS) is 13.4. The molecule has 1 heterocycles. The molecule has 1 atom stereocenters. The Morgan fingerprint density at radius 2 is 1.80 bits per heavy atom. The van der Waals surface area contributed by atoms with Crippen LogP contribution in [0.25, 0.3) is 0 Å². The summed E-state index contributed by atoms with van der Waals surface area (Å²) in [6.07, 6.45) is 0. The van der Waals surface area contributed by atoms with Crippen molar-refractivity contribution in [2.45, 2.75) is 21.5 Å². The topological polar surface area (TPSA) is 101 Å². The summed E-state index contributed by atoms with van der Waals surface area (Å²) in [6, 6.07) is 5.04. The van der Waals surface area contributed by atoms with Crippen molar-refractivity contribution < 1.29 is 35.7 Å². The molecular weight excluding hydrogens is 403 g/mol. The number of benzene rings is 1. The molecule has 0 radical (unpaired) electrons. The van der Waals surface area contributed by atoms with Crippen molar-refractivity contribution in [1.82, 2.24) is 0 Å². The molecule has 12 heteroatoms. The fourth-order valence-electron chi connectivity index (χ4n) is 1.78. The summed E-state index contributed by atoms with van der Waals surface area (Å²) in [5.74, 6) is -1.26. The zero-order valence-corrected chi connectivity index (χ0v) is 14.8. The average Bonchev–Trinajstić information content (AvgIpc) is 2.89. The van der Waals surface area contributed by atoms with Crippen molar-refractivity contribution in [3.8, 4) is 0 Å². The van der Waals surface area contributed by atoms with Gasteiger partial charge in [-0.2, -0.15) is 13.2 Å². The molecule has 0 saturated heterocycles. The molecule has 2 aromatic rings. The Morgan fingerprint density at radius 3 is 2.24 bits per heavy atom.